The standard InChI is InChI=1S/C14H24N4O7/c1-6(2)11(14(25)16-5-10(21)22)18-13(24)8(4-9(19)20)17-12(23)7(3)15/h6-8,11H,4-5,15H2,1-3H3,(H,16,25)(H,17,23)(H,18,24)(H,19,20)(H,21,22). The van der Waals surface area contributed by atoms with Gasteiger partial charge in [-0.2, -0.15) is 0 Å². The lowest BCUT2D eigenvalue weighted by atomic mass is 10.0. The minimum absolute atomic E-state index is 0.410. The summed E-state index contributed by atoms with van der Waals surface area (Å²) in [7, 11) is 0. The van der Waals surface area contributed by atoms with Crippen LogP contribution < -0.4 is 21.7 Å². The second-order valence-electron chi connectivity index (χ2n) is 5.79. The van der Waals surface area contributed by atoms with Crippen molar-refractivity contribution in [1.82, 2.24) is 16.0 Å². The van der Waals surface area contributed by atoms with Crippen molar-refractivity contribution >= 4 is 29.7 Å². The van der Waals surface area contributed by atoms with Crippen LogP contribution in [-0.2, 0) is 24.0 Å². The van der Waals surface area contributed by atoms with Crippen LogP contribution in [0.3, 0.4) is 0 Å². The van der Waals surface area contributed by atoms with E-state index in [1.165, 1.54) is 6.92 Å². The zero-order chi connectivity index (χ0) is 19.7. The molecule has 0 saturated heterocycles. The molecular formula is C14H24N4O7. The van der Waals surface area contributed by atoms with Gasteiger partial charge in [-0.05, 0) is 12.8 Å². The highest BCUT2D eigenvalue weighted by Gasteiger charge is 2.30. The number of carboxylic acids is 2. The molecule has 0 aliphatic rings. The van der Waals surface area contributed by atoms with E-state index in [1.54, 1.807) is 13.8 Å². The molecule has 0 spiro atoms. The lowest BCUT2D eigenvalue weighted by Crippen LogP contribution is -2.57. The summed E-state index contributed by atoms with van der Waals surface area (Å²) in [5.74, 6) is -5.35. The summed E-state index contributed by atoms with van der Waals surface area (Å²) < 4.78 is 0. The maximum Gasteiger partial charge on any atom is 0.322 e. The quantitative estimate of drug-likeness (QED) is 0.249. The van der Waals surface area contributed by atoms with Gasteiger partial charge in [0.1, 0.15) is 18.6 Å². The second kappa shape index (κ2) is 10.2. The van der Waals surface area contributed by atoms with E-state index in [0.717, 1.165) is 0 Å². The van der Waals surface area contributed by atoms with Gasteiger partial charge in [0.15, 0.2) is 0 Å². The van der Waals surface area contributed by atoms with Gasteiger partial charge in [-0.25, -0.2) is 0 Å². The number of aliphatic carboxylic acids is 2. The van der Waals surface area contributed by atoms with E-state index in [0.29, 0.717) is 0 Å². The number of carboxylic acid groups (broad SMARTS) is 2. The maximum atomic E-state index is 12.3. The summed E-state index contributed by atoms with van der Waals surface area (Å²) in [6.07, 6.45) is -0.703. The smallest absolute Gasteiger partial charge is 0.322 e. The molecule has 11 heteroatoms. The molecule has 142 valence electrons. The van der Waals surface area contributed by atoms with Crippen LogP contribution in [-0.4, -0.2) is 64.5 Å². The van der Waals surface area contributed by atoms with E-state index in [2.05, 4.69) is 16.0 Å². The molecule has 0 heterocycles. The van der Waals surface area contributed by atoms with Gasteiger partial charge in [0.2, 0.25) is 17.7 Å². The Balaban J connectivity index is 5.11. The zero-order valence-corrected chi connectivity index (χ0v) is 14.2. The fraction of sp³-hybridized carbons (Fsp3) is 0.643. The van der Waals surface area contributed by atoms with E-state index < -0.39 is 66.7 Å². The molecule has 0 aromatic heterocycles. The first-order valence-corrected chi connectivity index (χ1v) is 7.53. The van der Waals surface area contributed by atoms with Crippen molar-refractivity contribution < 1.29 is 34.2 Å². The Hall–Kier alpha value is -2.69. The van der Waals surface area contributed by atoms with Crippen LogP contribution in [0.1, 0.15) is 27.2 Å². The van der Waals surface area contributed by atoms with E-state index >= 15 is 0 Å². The van der Waals surface area contributed by atoms with Crippen molar-refractivity contribution in [2.24, 2.45) is 11.7 Å². The Morgan fingerprint density at radius 1 is 0.880 bits per heavy atom. The summed E-state index contributed by atoms with van der Waals surface area (Å²) in [6, 6.07) is -3.48. The molecular weight excluding hydrogens is 336 g/mol. The molecule has 0 fully saturated rings. The minimum Gasteiger partial charge on any atom is -0.481 e. The molecule has 3 amide bonds. The third kappa shape index (κ3) is 8.65. The number of amides is 3. The lowest BCUT2D eigenvalue weighted by Gasteiger charge is -2.24. The Morgan fingerprint density at radius 2 is 1.44 bits per heavy atom. The van der Waals surface area contributed by atoms with Crippen molar-refractivity contribution in [1.29, 1.82) is 0 Å². The highest BCUT2D eigenvalue weighted by Crippen LogP contribution is 2.04. The number of rotatable bonds is 10. The van der Waals surface area contributed by atoms with E-state index in [4.69, 9.17) is 15.9 Å². The molecule has 0 radical (unpaired) electrons. The Morgan fingerprint density at radius 3 is 1.84 bits per heavy atom. The van der Waals surface area contributed by atoms with Crippen LogP contribution in [0.25, 0.3) is 0 Å². The van der Waals surface area contributed by atoms with Gasteiger partial charge in [-0.15, -0.1) is 0 Å². The van der Waals surface area contributed by atoms with Gasteiger partial charge < -0.3 is 31.9 Å². The second-order valence-corrected chi connectivity index (χ2v) is 5.79. The largest absolute Gasteiger partial charge is 0.481 e. The molecule has 0 saturated carbocycles. The molecule has 3 unspecified atom stereocenters. The van der Waals surface area contributed by atoms with Crippen LogP contribution >= 0.6 is 0 Å². The first-order chi connectivity index (χ1) is 11.5. The highest BCUT2D eigenvalue weighted by atomic mass is 16.4. The van der Waals surface area contributed by atoms with Crippen LogP contribution in [0.4, 0.5) is 0 Å². The molecule has 3 atom stereocenters. The van der Waals surface area contributed by atoms with Crippen LogP contribution in [0, 0.1) is 5.92 Å². The van der Waals surface area contributed by atoms with Crippen LogP contribution in [0.15, 0.2) is 0 Å². The van der Waals surface area contributed by atoms with Gasteiger partial charge in [-0.3, -0.25) is 24.0 Å². The van der Waals surface area contributed by atoms with E-state index in [-0.39, 0.29) is 0 Å². The van der Waals surface area contributed by atoms with Gasteiger partial charge in [-0.1, -0.05) is 13.8 Å². The number of nitrogens with one attached hydrogen (secondary N) is 3. The number of nitrogens with two attached hydrogens (primary N) is 1. The predicted molar refractivity (Wildman–Crippen MR) is 85.2 cm³/mol. The van der Waals surface area contributed by atoms with Gasteiger partial charge in [0.05, 0.1) is 12.5 Å². The average molecular weight is 360 g/mol. The van der Waals surface area contributed by atoms with E-state index in [1.807, 2.05) is 0 Å². The molecule has 0 aliphatic heterocycles. The summed E-state index contributed by atoms with van der Waals surface area (Å²) in [5, 5.41) is 24.1. The molecule has 25 heavy (non-hydrogen) atoms. The first kappa shape index (κ1) is 22.3. The SMILES string of the molecule is CC(N)C(=O)NC(CC(=O)O)C(=O)NC(C(=O)NCC(=O)O)C(C)C. The fourth-order valence-electron chi connectivity index (χ4n) is 1.75. The minimum atomic E-state index is -1.43. The summed E-state index contributed by atoms with van der Waals surface area (Å²) in [4.78, 5) is 57.3. The first-order valence-electron chi connectivity index (χ1n) is 7.53. The third-order valence-corrected chi connectivity index (χ3v) is 3.09. The van der Waals surface area contributed by atoms with Crippen molar-refractivity contribution in [3.05, 3.63) is 0 Å². The number of carbonyl (C=O) groups excluding carboxylic acids is 3. The van der Waals surface area contributed by atoms with Crippen LogP contribution in [0.5, 0.6) is 0 Å². The third-order valence-electron chi connectivity index (χ3n) is 3.09. The highest BCUT2D eigenvalue weighted by molar-refractivity contribution is 5.95. The lowest BCUT2D eigenvalue weighted by molar-refractivity contribution is -0.142. The Bertz CT molecular complexity index is 533. The molecule has 0 aliphatic carbocycles. The summed E-state index contributed by atoms with van der Waals surface area (Å²) >= 11 is 0. The van der Waals surface area contributed by atoms with Crippen molar-refractivity contribution in [3.8, 4) is 0 Å². The van der Waals surface area contributed by atoms with Gasteiger partial charge in [0.25, 0.3) is 0 Å². The maximum absolute atomic E-state index is 12.3. The number of hydrogen-bond acceptors (Lipinski definition) is 6. The zero-order valence-electron chi connectivity index (χ0n) is 14.2. The molecule has 7 N–H and O–H groups in total. The summed E-state index contributed by atoms with van der Waals surface area (Å²) in [5.41, 5.74) is 5.37. The molecule has 0 bridgehead atoms. The van der Waals surface area contributed by atoms with Crippen molar-refractivity contribution in [2.45, 2.75) is 45.3 Å². The molecule has 11 nitrogen and oxygen atoms in total. The topological polar surface area (TPSA) is 188 Å². The van der Waals surface area contributed by atoms with E-state index in [9.17, 15) is 24.0 Å². The van der Waals surface area contributed by atoms with Crippen LogP contribution in [0.2, 0.25) is 0 Å². The number of carbonyl (C=O) groups is 5. The van der Waals surface area contributed by atoms with Gasteiger partial charge in [0, 0.05) is 0 Å². The Labute approximate surface area is 144 Å². The molecule has 0 aromatic rings. The predicted octanol–water partition coefficient (Wildman–Crippen LogP) is -2.37. The number of hydrogen-bond donors (Lipinski definition) is 6. The van der Waals surface area contributed by atoms with Gasteiger partial charge >= 0.3 is 11.9 Å². The fourth-order valence-corrected chi connectivity index (χ4v) is 1.75. The monoisotopic (exact) mass is 360 g/mol. The van der Waals surface area contributed by atoms with Crippen molar-refractivity contribution in [2.75, 3.05) is 6.54 Å². The molecule has 0 aromatic carbocycles. The summed E-state index contributed by atoms with van der Waals surface area (Å²) in [6.45, 7) is 3.95. The Kier molecular flexibility index (Phi) is 9.13. The normalized spacial score (nSPS) is 14.1. The molecule has 0 rings (SSSR count). The van der Waals surface area contributed by atoms with Crippen molar-refractivity contribution in [3.63, 3.8) is 0 Å². The average Bonchev–Trinajstić information content (AvgIpc) is 2.48.